The number of benzene rings is 3. The second-order valence-electron chi connectivity index (χ2n) is 10.6. The maximum Gasteiger partial charge on any atom is 0.338 e. The zero-order chi connectivity index (χ0) is 32.2. The fourth-order valence-electron chi connectivity index (χ4n) is 4.91. The minimum Gasteiger partial charge on any atom is -0.487 e. The molecule has 0 amide bonds. The summed E-state index contributed by atoms with van der Waals surface area (Å²) in [6.45, 7) is 5.77. The molecule has 8 nitrogen and oxygen atoms in total. The number of hydrogen-bond acceptors (Lipinski definition) is 8. The van der Waals surface area contributed by atoms with Gasteiger partial charge >= 0.3 is 11.9 Å². The number of thiazole rings is 1. The van der Waals surface area contributed by atoms with Gasteiger partial charge in [0.25, 0.3) is 5.56 Å². The highest BCUT2D eigenvalue weighted by molar-refractivity contribution is 14.1. The number of fused-ring (bicyclic) bond motifs is 1. The van der Waals surface area contributed by atoms with Crippen molar-refractivity contribution in [2.24, 2.45) is 4.99 Å². The van der Waals surface area contributed by atoms with Crippen molar-refractivity contribution in [3.05, 3.63) is 127 Å². The average molecular weight is 848 g/mol. The number of halogens is 2. The Bertz CT molecular complexity index is 1940. The van der Waals surface area contributed by atoms with Gasteiger partial charge in [0.05, 0.1) is 48.6 Å². The molecule has 0 spiro atoms. The van der Waals surface area contributed by atoms with Crippen LogP contribution >= 0.6 is 56.5 Å². The van der Waals surface area contributed by atoms with E-state index in [0.717, 1.165) is 29.6 Å². The molecular weight excluding hydrogens is 818 g/mol. The summed E-state index contributed by atoms with van der Waals surface area (Å²) in [5, 5.41) is 0. The summed E-state index contributed by atoms with van der Waals surface area (Å²) in [5.41, 5.74) is 3.90. The van der Waals surface area contributed by atoms with Crippen LogP contribution in [0.2, 0.25) is 0 Å². The normalized spacial score (nSPS) is 14.6. The lowest BCUT2D eigenvalue weighted by atomic mass is 9.94. The number of hydrogen-bond donors (Lipinski definition) is 0. The van der Waals surface area contributed by atoms with E-state index in [4.69, 9.17) is 14.2 Å². The highest BCUT2D eigenvalue weighted by Gasteiger charge is 2.33. The molecule has 1 aliphatic heterocycles. The van der Waals surface area contributed by atoms with Gasteiger partial charge in [0.1, 0.15) is 12.4 Å². The number of nitrogens with zero attached hydrogens (tertiary/aromatic N) is 2. The van der Waals surface area contributed by atoms with E-state index in [9.17, 15) is 14.4 Å². The van der Waals surface area contributed by atoms with Gasteiger partial charge in [0, 0.05) is 0 Å². The molecule has 0 saturated carbocycles. The largest absolute Gasteiger partial charge is 0.487 e. The molecule has 232 valence electrons. The first-order chi connectivity index (χ1) is 21.5. The highest BCUT2D eigenvalue weighted by Crippen LogP contribution is 2.32. The Morgan fingerprint density at radius 1 is 1.02 bits per heavy atom. The van der Waals surface area contributed by atoms with Crippen molar-refractivity contribution >= 4 is 74.5 Å². The first-order valence-electron chi connectivity index (χ1n) is 14.1. The van der Waals surface area contributed by atoms with Crippen LogP contribution in [0, 0.1) is 7.14 Å². The molecule has 0 unspecified atom stereocenters. The smallest absolute Gasteiger partial charge is 0.338 e. The molecule has 5 rings (SSSR count). The number of carbonyl (C=O) groups excluding carboxylic acids is 2. The van der Waals surface area contributed by atoms with Crippen molar-refractivity contribution in [3.63, 3.8) is 0 Å². The van der Waals surface area contributed by atoms with Crippen LogP contribution < -0.4 is 19.6 Å². The second kappa shape index (κ2) is 14.4. The molecule has 0 saturated heterocycles. The molecule has 0 N–H and O–H groups in total. The van der Waals surface area contributed by atoms with Gasteiger partial charge in [-0.1, -0.05) is 65.9 Å². The average Bonchev–Trinajstić information content (AvgIpc) is 3.30. The molecule has 4 aromatic rings. The van der Waals surface area contributed by atoms with Crippen molar-refractivity contribution in [3.8, 4) is 5.75 Å². The summed E-state index contributed by atoms with van der Waals surface area (Å²) in [7, 11) is 1.34. The fourth-order valence-corrected chi connectivity index (χ4v) is 8.09. The maximum absolute atomic E-state index is 14.1. The van der Waals surface area contributed by atoms with Crippen LogP contribution in [0.3, 0.4) is 0 Å². The van der Waals surface area contributed by atoms with Crippen molar-refractivity contribution in [2.45, 2.75) is 45.9 Å². The zero-order valence-electron chi connectivity index (χ0n) is 25.0. The lowest BCUT2D eigenvalue weighted by Gasteiger charge is -2.25. The van der Waals surface area contributed by atoms with Gasteiger partial charge in [-0.3, -0.25) is 14.2 Å². The molecule has 1 aliphatic rings. The van der Waals surface area contributed by atoms with Crippen molar-refractivity contribution in [1.29, 1.82) is 0 Å². The minimum atomic E-state index is -0.754. The second-order valence-corrected chi connectivity index (χ2v) is 14.0. The molecule has 3 aromatic carbocycles. The summed E-state index contributed by atoms with van der Waals surface area (Å²) in [6, 6.07) is 20.4. The van der Waals surface area contributed by atoms with Gasteiger partial charge in [0.15, 0.2) is 4.80 Å². The quantitative estimate of drug-likeness (QED) is 0.159. The van der Waals surface area contributed by atoms with E-state index in [1.165, 1.54) is 18.4 Å². The van der Waals surface area contributed by atoms with Crippen LogP contribution in [-0.4, -0.2) is 29.7 Å². The molecule has 45 heavy (non-hydrogen) atoms. The molecule has 0 fully saturated rings. The third-order valence-corrected chi connectivity index (χ3v) is 9.59. The Labute approximate surface area is 291 Å². The number of carbonyl (C=O) groups is 2. The van der Waals surface area contributed by atoms with Crippen LogP contribution in [0.15, 0.2) is 87.8 Å². The Balaban J connectivity index is 1.55. The molecule has 0 bridgehead atoms. The molecule has 0 radical (unpaired) electrons. The van der Waals surface area contributed by atoms with Crippen molar-refractivity contribution < 1.29 is 23.8 Å². The van der Waals surface area contributed by atoms with Crippen molar-refractivity contribution in [2.75, 3.05) is 7.11 Å². The molecule has 1 aromatic heterocycles. The number of aromatic nitrogens is 1. The minimum absolute atomic E-state index is 0.115. The van der Waals surface area contributed by atoms with E-state index in [0.29, 0.717) is 32.8 Å². The predicted molar refractivity (Wildman–Crippen MR) is 190 cm³/mol. The lowest BCUT2D eigenvalue weighted by Crippen LogP contribution is -2.40. The predicted octanol–water partition coefficient (Wildman–Crippen LogP) is 5.69. The number of rotatable bonds is 9. The van der Waals surface area contributed by atoms with Crippen molar-refractivity contribution in [1.82, 2.24) is 4.57 Å². The standard InChI is InChI=1S/C34H30I2N2O6S/c1-19(2)44-33(41)29-20(3)37-34-38(30(29)24-12-10-21(11-13-24)17-28(39)42-4)32(40)27(45-34)16-23-14-25(35)31(26(36)15-23)43-18-22-8-6-5-7-9-22/h5-16,19,30H,17-18H2,1-4H3/b27-16+/t30-/m1/s1. The SMILES string of the molecule is COC(=O)Cc1ccc([C@@H]2C(C(=O)OC(C)C)=C(C)N=c3s/c(=C/c4cc(I)c(OCc5ccccc5)c(I)c4)c(=O)n32)cc1. The summed E-state index contributed by atoms with van der Waals surface area (Å²) in [4.78, 5) is 44.4. The zero-order valence-corrected chi connectivity index (χ0v) is 30.1. The topological polar surface area (TPSA) is 96.2 Å². The Kier molecular flexibility index (Phi) is 10.6. The van der Waals surface area contributed by atoms with Gasteiger partial charge in [0.2, 0.25) is 0 Å². The summed E-state index contributed by atoms with van der Waals surface area (Å²) >= 11 is 5.77. The number of allylic oxidation sites excluding steroid dienone is 1. The van der Waals surface area contributed by atoms with E-state index >= 15 is 0 Å². The van der Waals surface area contributed by atoms with E-state index < -0.39 is 12.0 Å². The van der Waals surface area contributed by atoms with E-state index in [1.807, 2.05) is 60.7 Å². The van der Waals surface area contributed by atoms with E-state index in [1.54, 1.807) is 37.5 Å². The van der Waals surface area contributed by atoms with Gasteiger partial charge in [-0.15, -0.1) is 0 Å². The maximum atomic E-state index is 14.1. The number of esters is 2. The summed E-state index contributed by atoms with van der Waals surface area (Å²) < 4.78 is 20.4. The van der Waals surface area contributed by atoms with Gasteiger partial charge in [-0.2, -0.15) is 0 Å². The van der Waals surface area contributed by atoms with Gasteiger partial charge in [-0.25, -0.2) is 9.79 Å². The van der Waals surface area contributed by atoms with Crippen LogP contribution in [0.4, 0.5) is 0 Å². The first-order valence-corrected chi connectivity index (χ1v) is 17.1. The molecule has 11 heteroatoms. The highest BCUT2D eigenvalue weighted by atomic mass is 127. The third kappa shape index (κ3) is 7.58. The van der Waals surface area contributed by atoms with Crippen LogP contribution in [0.5, 0.6) is 5.75 Å². The summed E-state index contributed by atoms with van der Waals surface area (Å²) in [6.07, 6.45) is 1.61. The monoisotopic (exact) mass is 848 g/mol. The Morgan fingerprint density at radius 3 is 2.31 bits per heavy atom. The molecule has 1 atom stereocenters. The number of ether oxygens (including phenoxy) is 3. The van der Waals surface area contributed by atoms with Crippen LogP contribution in [0.1, 0.15) is 49.1 Å². The summed E-state index contributed by atoms with van der Waals surface area (Å²) in [5.74, 6) is -0.0922. The van der Waals surface area contributed by atoms with Crippen LogP contribution in [-0.2, 0) is 32.1 Å². The Hall–Kier alpha value is -3.30. The number of methoxy groups -OCH3 is 1. The van der Waals surface area contributed by atoms with Gasteiger partial charge in [-0.05, 0) is 106 Å². The van der Waals surface area contributed by atoms with Gasteiger partial charge < -0.3 is 14.2 Å². The molecule has 0 aliphatic carbocycles. The fraction of sp³-hybridized carbons (Fsp3) is 0.235. The Morgan fingerprint density at radius 2 is 1.69 bits per heavy atom. The van der Waals surface area contributed by atoms with Crippen LogP contribution in [0.25, 0.3) is 6.08 Å². The molecular formula is C34H30I2N2O6S. The third-order valence-electron chi connectivity index (χ3n) is 7.00. The van der Waals surface area contributed by atoms with E-state index in [2.05, 4.69) is 50.2 Å². The first kappa shape index (κ1) is 33.1. The lowest BCUT2D eigenvalue weighted by molar-refractivity contribution is -0.143. The molecule has 2 heterocycles. The van der Waals surface area contributed by atoms with E-state index in [-0.39, 0.29) is 24.1 Å².